The first-order valence-corrected chi connectivity index (χ1v) is 6.08. The number of nitrogens with two attached hydrogens (primary N) is 1. The van der Waals surface area contributed by atoms with Crippen LogP contribution in [0, 0.1) is 5.92 Å². The Kier molecular flexibility index (Phi) is 2.31. The van der Waals surface area contributed by atoms with E-state index >= 15 is 0 Å². The Labute approximate surface area is 78.5 Å². The van der Waals surface area contributed by atoms with Gasteiger partial charge in [-0.2, -0.15) is 12.7 Å². The number of nitrogens with one attached hydrogen (secondary N) is 1. The standard InChI is InChI=1S/C7H15N3O2S/c8-13(11,12)10(7-1-2-7)5-6-3-9-4-6/h6-7,9H,1-5H2,(H2,8,11,12). The number of rotatable bonds is 4. The average Bonchev–Trinajstić information content (AvgIpc) is 2.64. The van der Waals surface area contributed by atoms with Crippen molar-refractivity contribution >= 4 is 10.2 Å². The molecule has 0 unspecified atom stereocenters. The van der Waals surface area contributed by atoms with E-state index in [9.17, 15) is 8.42 Å². The van der Waals surface area contributed by atoms with Gasteiger partial charge in [-0.1, -0.05) is 0 Å². The molecule has 0 bridgehead atoms. The van der Waals surface area contributed by atoms with Crippen LogP contribution in [0.3, 0.4) is 0 Å². The summed E-state index contributed by atoms with van der Waals surface area (Å²) in [4.78, 5) is 0. The first-order valence-electron chi connectivity index (χ1n) is 4.57. The highest BCUT2D eigenvalue weighted by Crippen LogP contribution is 2.29. The van der Waals surface area contributed by atoms with E-state index < -0.39 is 10.2 Å². The molecule has 13 heavy (non-hydrogen) atoms. The largest absolute Gasteiger partial charge is 0.316 e. The molecular weight excluding hydrogens is 190 g/mol. The van der Waals surface area contributed by atoms with Crippen LogP contribution in [0.2, 0.25) is 0 Å². The molecule has 2 aliphatic rings. The zero-order chi connectivity index (χ0) is 9.47. The van der Waals surface area contributed by atoms with E-state index in [1.54, 1.807) is 0 Å². The maximum atomic E-state index is 11.2. The molecule has 2 rings (SSSR count). The molecule has 1 aliphatic heterocycles. The fraction of sp³-hybridized carbons (Fsp3) is 1.00. The maximum absolute atomic E-state index is 11.2. The monoisotopic (exact) mass is 205 g/mol. The fourth-order valence-electron chi connectivity index (χ4n) is 1.56. The van der Waals surface area contributed by atoms with Gasteiger partial charge in [0.1, 0.15) is 0 Å². The summed E-state index contributed by atoms with van der Waals surface area (Å²) >= 11 is 0. The molecule has 5 nitrogen and oxygen atoms in total. The summed E-state index contributed by atoms with van der Waals surface area (Å²) in [5.41, 5.74) is 0. The first kappa shape index (κ1) is 9.39. The summed E-state index contributed by atoms with van der Waals surface area (Å²) in [5.74, 6) is 0.457. The minimum Gasteiger partial charge on any atom is -0.316 e. The summed E-state index contributed by atoms with van der Waals surface area (Å²) < 4.78 is 23.8. The Hall–Kier alpha value is -0.170. The molecule has 0 aromatic rings. The van der Waals surface area contributed by atoms with Gasteiger partial charge >= 0.3 is 0 Å². The Morgan fingerprint density at radius 2 is 2.00 bits per heavy atom. The number of hydrogen-bond donors (Lipinski definition) is 2. The van der Waals surface area contributed by atoms with Crippen molar-refractivity contribution < 1.29 is 8.42 Å². The highest BCUT2D eigenvalue weighted by molar-refractivity contribution is 7.86. The third kappa shape index (κ3) is 2.19. The molecule has 2 fully saturated rings. The fourth-order valence-corrected chi connectivity index (χ4v) is 2.60. The second-order valence-electron chi connectivity index (χ2n) is 3.87. The molecule has 3 N–H and O–H groups in total. The van der Waals surface area contributed by atoms with Crippen LogP contribution in [0.1, 0.15) is 12.8 Å². The third-order valence-electron chi connectivity index (χ3n) is 2.59. The lowest BCUT2D eigenvalue weighted by Gasteiger charge is -2.31. The van der Waals surface area contributed by atoms with E-state index in [1.807, 2.05) is 0 Å². The van der Waals surface area contributed by atoms with Gasteiger partial charge in [0.25, 0.3) is 10.2 Å². The summed E-state index contributed by atoms with van der Waals surface area (Å²) in [5, 5.41) is 8.24. The molecule has 1 heterocycles. The van der Waals surface area contributed by atoms with Crippen molar-refractivity contribution in [2.24, 2.45) is 11.1 Å². The second kappa shape index (κ2) is 3.20. The Balaban J connectivity index is 1.96. The van der Waals surface area contributed by atoms with Crippen LogP contribution >= 0.6 is 0 Å². The Morgan fingerprint density at radius 1 is 1.38 bits per heavy atom. The van der Waals surface area contributed by atoms with Gasteiger partial charge in [0.15, 0.2) is 0 Å². The minimum atomic E-state index is -3.47. The average molecular weight is 205 g/mol. The molecule has 76 valence electrons. The van der Waals surface area contributed by atoms with Gasteiger partial charge in [-0.3, -0.25) is 0 Å². The van der Waals surface area contributed by atoms with Crippen LogP contribution in [0.25, 0.3) is 0 Å². The van der Waals surface area contributed by atoms with Crippen LogP contribution < -0.4 is 10.5 Å². The molecule has 0 radical (unpaired) electrons. The Bertz CT molecular complexity index is 282. The van der Waals surface area contributed by atoms with Crippen LogP contribution in [0.4, 0.5) is 0 Å². The molecule has 6 heteroatoms. The van der Waals surface area contributed by atoms with Gasteiger partial charge in [-0.05, 0) is 18.8 Å². The van der Waals surface area contributed by atoms with Crippen molar-refractivity contribution in [2.75, 3.05) is 19.6 Å². The van der Waals surface area contributed by atoms with Crippen molar-refractivity contribution in [1.29, 1.82) is 0 Å². The second-order valence-corrected chi connectivity index (χ2v) is 5.37. The Morgan fingerprint density at radius 3 is 2.31 bits per heavy atom. The van der Waals surface area contributed by atoms with Crippen LogP contribution in [-0.4, -0.2) is 38.4 Å². The van der Waals surface area contributed by atoms with Crippen molar-refractivity contribution in [3.8, 4) is 0 Å². The zero-order valence-electron chi connectivity index (χ0n) is 7.44. The highest BCUT2D eigenvalue weighted by atomic mass is 32.2. The SMILES string of the molecule is NS(=O)(=O)N(CC1CNC1)C1CC1. The molecule has 0 spiro atoms. The lowest BCUT2D eigenvalue weighted by atomic mass is 10.0. The molecule has 0 aromatic heterocycles. The summed E-state index contributed by atoms with van der Waals surface area (Å²) in [6, 6.07) is 0.190. The van der Waals surface area contributed by atoms with Crippen LogP contribution in [0.5, 0.6) is 0 Å². The predicted octanol–water partition coefficient (Wildman–Crippen LogP) is -1.13. The van der Waals surface area contributed by atoms with E-state index in [1.165, 1.54) is 4.31 Å². The molecular formula is C7H15N3O2S. The topological polar surface area (TPSA) is 75.4 Å². The van der Waals surface area contributed by atoms with Crippen LogP contribution in [0.15, 0.2) is 0 Å². The van der Waals surface area contributed by atoms with Gasteiger partial charge in [0.05, 0.1) is 0 Å². The molecule has 1 saturated heterocycles. The molecule has 0 amide bonds. The summed E-state index contributed by atoms with van der Waals surface area (Å²) in [7, 11) is -3.47. The highest BCUT2D eigenvalue weighted by Gasteiger charge is 2.37. The quantitative estimate of drug-likeness (QED) is 0.610. The predicted molar refractivity (Wildman–Crippen MR) is 49.2 cm³/mol. The van der Waals surface area contributed by atoms with Gasteiger partial charge in [0, 0.05) is 25.7 Å². The van der Waals surface area contributed by atoms with Gasteiger partial charge in [-0.25, -0.2) is 5.14 Å². The van der Waals surface area contributed by atoms with Gasteiger partial charge < -0.3 is 5.32 Å². The van der Waals surface area contributed by atoms with Crippen LogP contribution in [-0.2, 0) is 10.2 Å². The molecule has 1 saturated carbocycles. The van der Waals surface area contributed by atoms with E-state index in [4.69, 9.17) is 5.14 Å². The van der Waals surface area contributed by atoms with Gasteiger partial charge in [-0.15, -0.1) is 0 Å². The van der Waals surface area contributed by atoms with E-state index in [-0.39, 0.29) is 6.04 Å². The summed E-state index contributed by atoms with van der Waals surface area (Å²) in [6.07, 6.45) is 1.94. The first-order chi connectivity index (χ1) is 6.07. The minimum absolute atomic E-state index is 0.190. The van der Waals surface area contributed by atoms with Crippen molar-refractivity contribution in [1.82, 2.24) is 9.62 Å². The molecule has 1 aliphatic carbocycles. The summed E-state index contributed by atoms with van der Waals surface area (Å²) in [6.45, 7) is 2.42. The zero-order valence-corrected chi connectivity index (χ0v) is 8.26. The van der Waals surface area contributed by atoms with Crippen molar-refractivity contribution in [2.45, 2.75) is 18.9 Å². The smallest absolute Gasteiger partial charge is 0.277 e. The van der Waals surface area contributed by atoms with E-state index in [0.29, 0.717) is 12.5 Å². The molecule has 0 aromatic carbocycles. The van der Waals surface area contributed by atoms with Crippen molar-refractivity contribution in [3.05, 3.63) is 0 Å². The van der Waals surface area contributed by atoms with Gasteiger partial charge in [0.2, 0.25) is 0 Å². The normalized spacial score (nSPS) is 24.8. The lowest BCUT2D eigenvalue weighted by molar-refractivity contribution is 0.264. The van der Waals surface area contributed by atoms with Crippen molar-refractivity contribution in [3.63, 3.8) is 0 Å². The van der Waals surface area contributed by atoms with E-state index in [2.05, 4.69) is 5.32 Å². The van der Waals surface area contributed by atoms with E-state index in [0.717, 1.165) is 25.9 Å². The molecule has 0 atom stereocenters. The number of hydrogen-bond acceptors (Lipinski definition) is 3. The number of nitrogens with zero attached hydrogens (tertiary/aromatic N) is 1. The third-order valence-corrected chi connectivity index (χ3v) is 3.69. The lowest BCUT2D eigenvalue weighted by Crippen LogP contribution is -2.51. The maximum Gasteiger partial charge on any atom is 0.277 e.